The van der Waals surface area contributed by atoms with Gasteiger partial charge >= 0.3 is 6.03 Å². The summed E-state index contributed by atoms with van der Waals surface area (Å²) in [5, 5.41) is 5.21. The van der Waals surface area contributed by atoms with Gasteiger partial charge in [0.05, 0.1) is 6.20 Å². The Morgan fingerprint density at radius 3 is 2.88 bits per heavy atom. The van der Waals surface area contributed by atoms with E-state index in [9.17, 15) is 9.59 Å². The number of rotatable bonds is 4. The molecule has 1 aliphatic heterocycles. The lowest BCUT2D eigenvalue weighted by Crippen LogP contribution is -2.40. The maximum Gasteiger partial charge on any atom is 0.325 e. The van der Waals surface area contributed by atoms with Gasteiger partial charge in [-0.3, -0.25) is 9.69 Å². The van der Waals surface area contributed by atoms with Crippen molar-refractivity contribution in [2.24, 2.45) is 0 Å². The summed E-state index contributed by atoms with van der Waals surface area (Å²) in [7, 11) is 0. The molecule has 8 heteroatoms. The third-order valence-corrected chi connectivity index (χ3v) is 5.57. The average molecular weight is 388 g/mol. The van der Waals surface area contributed by atoms with E-state index in [1.807, 2.05) is 29.6 Å². The average Bonchev–Trinajstić information content (AvgIpc) is 3.34. The third-order valence-electron chi connectivity index (χ3n) is 4.25. The molecule has 1 aliphatic rings. The van der Waals surface area contributed by atoms with Crippen molar-refractivity contribution in [2.45, 2.75) is 19.0 Å². The van der Waals surface area contributed by atoms with E-state index >= 15 is 0 Å². The first kappa shape index (κ1) is 16.8. The monoisotopic (exact) mass is 387 g/mol. The molecule has 4 rings (SSSR count). The van der Waals surface area contributed by atoms with Gasteiger partial charge in [-0.05, 0) is 30.5 Å². The number of amides is 3. The Bertz CT molecular complexity index is 985. The van der Waals surface area contributed by atoms with Gasteiger partial charge in [-0.2, -0.15) is 0 Å². The lowest BCUT2D eigenvalue weighted by Gasteiger charge is -2.19. The standard InChI is InChI=1S/C18H14ClN3O3S/c1-18(14-6-3-7-26-14)16(23)22(17(24)21-18)10-15-20-9-13(25-15)11-4-2-5-12(19)8-11/h2-9H,10H2,1H3,(H,21,24). The van der Waals surface area contributed by atoms with Gasteiger partial charge in [0.2, 0.25) is 5.89 Å². The zero-order chi connectivity index (χ0) is 18.3. The van der Waals surface area contributed by atoms with Gasteiger partial charge in [-0.25, -0.2) is 9.78 Å². The largest absolute Gasteiger partial charge is 0.439 e. The highest BCUT2D eigenvalue weighted by Gasteiger charge is 2.50. The van der Waals surface area contributed by atoms with Gasteiger partial charge in [-0.1, -0.05) is 29.8 Å². The van der Waals surface area contributed by atoms with Crippen LogP contribution in [0.4, 0.5) is 4.79 Å². The van der Waals surface area contributed by atoms with Crippen molar-refractivity contribution >= 4 is 34.9 Å². The van der Waals surface area contributed by atoms with Crippen molar-refractivity contribution in [3.63, 3.8) is 0 Å². The molecule has 3 amide bonds. The first-order valence-corrected chi connectivity index (χ1v) is 9.12. The molecule has 0 saturated carbocycles. The zero-order valence-electron chi connectivity index (χ0n) is 13.7. The fraction of sp³-hybridized carbons (Fsp3) is 0.167. The first-order chi connectivity index (χ1) is 12.5. The van der Waals surface area contributed by atoms with Crippen LogP contribution in [0, 0.1) is 0 Å². The smallest absolute Gasteiger partial charge is 0.325 e. The van der Waals surface area contributed by atoms with E-state index in [0.29, 0.717) is 10.8 Å². The minimum absolute atomic E-state index is 0.0355. The van der Waals surface area contributed by atoms with Gasteiger partial charge in [0.1, 0.15) is 6.54 Å². The van der Waals surface area contributed by atoms with Crippen molar-refractivity contribution in [3.8, 4) is 11.3 Å². The fourth-order valence-corrected chi connectivity index (χ4v) is 3.89. The van der Waals surface area contributed by atoms with Crippen LogP contribution in [0.2, 0.25) is 5.02 Å². The van der Waals surface area contributed by atoms with Crippen LogP contribution in [0.25, 0.3) is 11.3 Å². The number of aromatic nitrogens is 1. The molecule has 2 aromatic heterocycles. The number of hydrogen-bond acceptors (Lipinski definition) is 5. The molecule has 1 fully saturated rings. The summed E-state index contributed by atoms with van der Waals surface area (Å²) in [5.41, 5.74) is -0.287. The molecule has 1 unspecified atom stereocenters. The number of nitrogens with zero attached hydrogens (tertiary/aromatic N) is 2. The summed E-state index contributed by atoms with van der Waals surface area (Å²) in [5.74, 6) is 0.474. The second kappa shape index (κ2) is 6.26. The summed E-state index contributed by atoms with van der Waals surface area (Å²) in [6, 6.07) is 10.4. The van der Waals surface area contributed by atoms with Crippen molar-refractivity contribution < 1.29 is 14.0 Å². The quantitative estimate of drug-likeness (QED) is 0.686. The normalized spacial score (nSPS) is 19.8. The van der Waals surface area contributed by atoms with Gasteiger partial charge < -0.3 is 9.73 Å². The van der Waals surface area contributed by atoms with Gasteiger partial charge in [0, 0.05) is 15.5 Å². The Morgan fingerprint density at radius 2 is 2.15 bits per heavy atom. The molecule has 6 nitrogen and oxygen atoms in total. The minimum atomic E-state index is -1.06. The Labute approximate surface area is 158 Å². The molecule has 0 aliphatic carbocycles. The summed E-state index contributed by atoms with van der Waals surface area (Å²) < 4.78 is 5.70. The Morgan fingerprint density at radius 1 is 1.31 bits per heavy atom. The number of benzene rings is 1. The van der Waals surface area contributed by atoms with Crippen LogP contribution in [0.3, 0.4) is 0 Å². The number of halogens is 1. The zero-order valence-corrected chi connectivity index (χ0v) is 15.3. The maximum atomic E-state index is 12.8. The SMILES string of the molecule is CC1(c2cccs2)NC(=O)N(Cc2ncc(-c3cccc(Cl)c3)o2)C1=O. The molecule has 0 bridgehead atoms. The molecule has 0 spiro atoms. The van der Waals surface area contributed by atoms with Crippen LogP contribution in [0.15, 0.2) is 52.4 Å². The molecule has 132 valence electrons. The van der Waals surface area contributed by atoms with Crippen molar-refractivity contribution in [3.05, 3.63) is 63.8 Å². The summed E-state index contributed by atoms with van der Waals surface area (Å²) in [4.78, 5) is 31.2. The summed E-state index contributed by atoms with van der Waals surface area (Å²) in [6.45, 7) is 1.66. The van der Waals surface area contributed by atoms with E-state index in [0.717, 1.165) is 15.3 Å². The number of hydrogen-bond donors (Lipinski definition) is 1. The minimum Gasteiger partial charge on any atom is -0.439 e. The van der Waals surface area contributed by atoms with E-state index in [1.54, 1.807) is 25.3 Å². The van der Waals surface area contributed by atoms with Crippen LogP contribution >= 0.6 is 22.9 Å². The molecule has 0 radical (unpaired) electrons. The Hall–Kier alpha value is -2.64. The van der Waals surface area contributed by atoms with E-state index < -0.39 is 11.6 Å². The van der Waals surface area contributed by atoms with Gasteiger partial charge in [0.25, 0.3) is 5.91 Å². The van der Waals surface area contributed by atoms with Crippen LogP contribution in [0.5, 0.6) is 0 Å². The number of carbonyl (C=O) groups excluding carboxylic acids is 2. The van der Waals surface area contributed by atoms with Crippen molar-refractivity contribution in [1.29, 1.82) is 0 Å². The highest BCUT2D eigenvalue weighted by atomic mass is 35.5. The van der Waals surface area contributed by atoms with Crippen molar-refractivity contribution in [2.75, 3.05) is 0 Å². The molecule has 3 aromatic rings. The lowest BCUT2D eigenvalue weighted by molar-refractivity contribution is -0.131. The number of urea groups is 1. The van der Waals surface area contributed by atoms with Crippen molar-refractivity contribution in [1.82, 2.24) is 15.2 Å². The summed E-state index contributed by atoms with van der Waals surface area (Å²) in [6.07, 6.45) is 1.55. The topological polar surface area (TPSA) is 75.4 Å². The molecule has 3 heterocycles. The van der Waals surface area contributed by atoms with E-state index in [4.69, 9.17) is 16.0 Å². The number of imide groups is 1. The second-order valence-electron chi connectivity index (χ2n) is 6.05. The molecule has 1 aromatic carbocycles. The van der Waals surface area contributed by atoms with Crippen LogP contribution in [-0.2, 0) is 16.9 Å². The Balaban J connectivity index is 1.56. The molecular weight excluding hydrogens is 374 g/mol. The second-order valence-corrected chi connectivity index (χ2v) is 7.44. The number of nitrogens with one attached hydrogen (secondary N) is 1. The highest BCUT2D eigenvalue weighted by molar-refractivity contribution is 7.10. The lowest BCUT2D eigenvalue weighted by atomic mass is 10.0. The van der Waals surface area contributed by atoms with E-state index in [-0.39, 0.29) is 18.3 Å². The number of carbonyl (C=O) groups is 2. The predicted molar refractivity (Wildman–Crippen MR) is 97.7 cm³/mol. The molecular formula is C18H14ClN3O3S. The molecule has 26 heavy (non-hydrogen) atoms. The molecule has 1 saturated heterocycles. The van der Waals surface area contributed by atoms with Crippen LogP contribution in [-0.4, -0.2) is 21.8 Å². The third kappa shape index (κ3) is 2.79. The van der Waals surface area contributed by atoms with E-state index in [2.05, 4.69) is 10.3 Å². The van der Waals surface area contributed by atoms with Gasteiger partial charge in [-0.15, -0.1) is 11.3 Å². The number of oxazole rings is 1. The highest BCUT2D eigenvalue weighted by Crippen LogP contribution is 2.33. The Kier molecular flexibility index (Phi) is 4.05. The maximum absolute atomic E-state index is 12.8. The molecule has 1 atom stereocenters. The summed E-state index contributed by atoms with van der Waals surface area (Å²) >= 11 is 7.41. The van der Waals surface area contributed by atoms with Crippen LogP contribution < -0.4 is 5.32 Å². The predicted octanol–water partition coefficient (Wildman–Crippen LogP) is 4.02. The fourth-order valence-electron chi connectivity index (χ4n) is 2.86. The first-order valence-electron chi connectivity index (χ1n) is 7.86. The number of thiophene rings is 1. The van der Waals surface area contributed by atoms with Crippen LogP contribution in [0.1, 0.15) is 17.7 Å². The molecule has 1 N–H and O–H groups in total. The van der Waals surface area contributed by atoms with Gasteiger partial charge in [0.15, 0.2) is 11.3 Å². The van der Waals surface area contributed by atoms with E-state index in [1.165, 1.54) is 11.3 Å².